The summed E-state index contributed by atoms with van der Waals surface area (Å²) in [5.41, 5.74) is 1.23. The third kappa shape index (κ3) is 10.9. The van der Waals surface area contributed by atoms with E-state index in [1.165, 1.54) is 11.3 Å². The highest BCUT2D eigenvalue weighted by atomic mass is 32.1. The molecule has 0 aliphatic heterocycles. The number of carbonyl (C=O) groups excluding carboxylic acids is 3. The minimum Gasteiger partial charge on any atom is -0.461 e. The van der Waals surface area contributed by atoms with Crippen molar-refractivity contribution < 1.29 is 33.3 Å². The Balaban J connectivity index is 0.943. The molecule has 1 aromatic heterocycles. The Hall–Kier alpha value is -4.78. The molecule has 0 atom stereocenters. The normalized spacial score (nSPS) is 11.4. The van der Waals surface area contributed by atoms with Gasteiger partial charge in [-0.3, -0.25) is 19.4 Å². The number of rotatable bonds is 21. The van der Waals surface area contributed by atoms with Gasteiger partial charge in [0.2, 0.25) is 0 Å². The fourth-order valence-electron chi connectivity index (χ4n) is 5.88. The fourth-order valence-corrected chi connectivity index (χ4v) is 6.98. The Labute approximate surface area is 313 Å². The third-order valence-electron chi connectivity index (χ3n) is 8.90. The lowest BCUT2D eigenvalue weighted by Gasteiger charge is -2.21. The minimum absolute atomic E-state index is 0.156. The van der Waals surface area contributed by atoms with Gasteiger partial charge in [-0.1, -0.05) is 80.6 Å². The van der Waals surface area contributed by atoms with Crippen molar-refractivity contribution in [1.29, 1.82) is 0 Å². The van der Waals surface area contributed by atoms with Gasteiger partial charge < -0.3 is 18.9 Å². The Morgan fingerprint density at radius 1 is 0.547 bits per heavy atom. The van der Waals surface area contributed by atoms with Gasteiger partial charge in [-0.25, -0.2) is 9.59 Å². The second-order valence-electron chi connectivity index (χ2n) is 12.2. The average Bonchev–Trinajstić information content (AvgIpc) is 3.20. The number of ketones is 1. The molecule has 0 saturated carbocycles. The standard InChI is InChI=1S/C42H46N2O8S/c1-3-43(23-27-51-41(47)33-16-9-8-15-32(33)39(45)31-13-6-5-7-14-31)21-25-49-29-30-50-26-22-44(4-2)24-28-52-42(48)35-18-12-20-37-38(35)40(46)34-17-10-11-19-36(34)53-37/h5-20H,3-4,21-30H2,1-2H3. The van der Waals surface area contributed by atoms with E-state index in [9.17, 15) is 19.2 Å². The molecule has 0 bridgehead atoms. The number of nitrogens with zero attached hydrogens (tertiary/aromatic N) is 2. The van der Waals surface area contributed by atoms with Crippen LogP contribution in [0.4, 0.5) is 0 Å². The van der Waals surface area contributed by atoms with E-state index in [4.69, 9.17) is 18.9 Å². The molecule has 278 valence electrons. The Kier molecular flexibility index (Phi) is 15.2. The molecule has 0 aliphatic rings. The van der Waals surface area contributed by atoms with Crippen LogP contribution in [0, 0.1) is 0 Å². The molecule has 0 saturated heterocycles. The molecule has 0 fully saturated rings. The molecule has 0 radical (unpaired) electrons. The lowest BCUT2D eigenvalue weighted by Crippen LogP contribution is -2.32. The highest BCUT2D eigenvalue weighted by Gasteiger charge is 2.20. The van der Waals surface area contributed by atoms with Crippen molar-refractivity contribution in [3.63, 3.8) is 0 Å². The van der Waals surface area contributed by atoms with Gasteiger partial charge >= 0.3 is 11.9 Å². The second kappa shape index (κ2) is 20.5. The van der Waals surface area contributed by atoms with E-state index in [1.54, 1.807) is 66.7 Å². The maximum absolute atomic E-state index is 13.2. The third-order valence-corrected chi connectivity index (χ3v) is 10.0. The first-order valence-electron chi connectivity index (χ1n) is 18.0. The largest absolute Gasteiger partial charge is 0.461 e. The summed E-state index contributed by atoms with van der Waals surface area (Å²) in [5, 5.41) is 1.01. The zero-order valence-electron chi connectivity index (χ0n) is 30.3. The molecular weight excluding hydrogens is 693 g/mol. The zero-order chi connectivity index (χ0) is 37.4. The highest BCUT2D eigenvalue weighted by molar-refractivity contribution is 7.24. The van der Waals surface area contributed by atoms with Crippen LogP contribution in [0.3, 0.4) is 0 Å². The van der Waals surface area contributed by atoms with Crippen molar-refractivity contribution in [3.8, 4) is 0 Å². The second-order valence-corrected chi connectivity index (χ2v) is 13.3. The predicted molar refractivity (Wildman–Crippen MR) is 208 cm³/mol. The number of ether oxygens (including phenoxy) is 4. The first-order chi connectivity index (χ1) is 25.9. The van der Waals surface area contributed by atoms with Crippen LogP contribution < -0.4 is 5.43 Å². The quantitative estimate of drug-likeness (QED) is 0.0366. The van der Waals surface area contributed by atoms with E-state index in [-0.39, 0.29) is 30.0 Å². The van der Waals surface area contributed by atoms with Gasteiger partial charge in [0.1, 0.15) is 13.2 Å². The molecule has 0 spiro atoms. The summed E-state index contributed by atoms with van der Waals surface area (Å²) in [6.45, 7) is 10.3. The van der Waals surface area contributed by atoms with Crippen molar-refractivity contribution in [1.82, 2.24) is 9.80 Å². The van der Waals surface area contributed by atoms with Crippen molar-refractivity contribution in [2.45, 2.75) is 13.8 Å². The number of likely N-dealkylation sites (N-methyl/N-ethyl adjacent to an activating group) is 2. The number of benzene rings is 4. The van der Waals surface area contributed by atoms with Gasteiger partial charge in [0.15, 0.2) is 11.2 Å². The molecule has 10 nitrogen and oxygen atoms in total. The summed E-state index contributed by atoms with van der Waals surface area (Å²) in [7, 11) is 0. The summed E-state index contributed by atoms with van der Waals surface area (Å²) in [6.07, 6.45) is 0. The number of carbonyl (C=O) groups is 3. The van der Waals surface area contributed by atoms with Crippen molar-refractivity contribution in [2.24, 2.45) is 0 Å². The van der Waals surface area contributed by atoms with Crippen molar-refractivity contribution in [2.75, 3.05) is 78.9 Å². The van der Waals surface area contributed by atoms with Crippen LogP contribution >= 0.6 is 11.3 Å². The molecule has 5 rings (SSSR count). The number of esters is 2. The van der Waals surface area contributed by atoms with E-state index < -0.39 is 11.9 Å². The molecule has 0 amide bonds. The number of hydrogen-bond donors (Lipinski definition) is 0. The topological polar surface area (TPSA) is 112 Å². The highest BCUT2D eigenvalue weighted by Crippen LogP contribution is 2.27. The van der Waals surface area contributed by atoms with Crippen molar-refractivity contribution >= 4 is 49.2 Å². The lowest BCUT2D eigenvalue weighted by molar-refractivity contribution is 0.0239. The Morgan fingerprint density at radius 2 is 1.06 bits per heavy atom. The van der Waals surface area contributed by atoms with Gasteiger partial charge in [-0.2, -0.15) is 0 Å². The Bertz CT molecular complexity index is 2030. The van der Waals surface area contributed by atoms with Crippen LogP contribution in [-0.2, 0) is 18.9 Å². The zero-order valence-corrected chi connectivity index (χ0v) is 31.1. The lowest BCUT2D eigenvalue weighted by atomic mass is 9.98. The number of fused-ring (bicyclic) bond motifs is 2. The summed E-state index contributed by atoms with van der Waals surface area (Å²) in [5.74, 6) is -1.24. The van der Waals surface area contributed by atoms with E-state index in [2.05, 4.69) is 9.80 Å². The monoisotopic (exact) mass is 738 g/mol. The summed E-state index contributed by atoms with van der Waals surface area (Å²) >= 11 is 1.49. The molecule has 1 heterocycles. The first kappa shape index (κ1) is 39.4. The predicted octanol–water partition coefficient (Wildman–Crippen LogP) is 6.34. The van der Waals surface area contributed by atoms with E-state index >= 15 is 0 Å². The minimum atomic E-state index is -0.522. The van der Waals surface area contributed by atoms with Gasteiger partial charge in [-0.15, -0.1) is 11.3 Å². The van der Waals surface area contributed by atoms with Crippen LogP contribution in [0.5, 0.6) is 0 Å². The van der Waals surface area contributed by atoms with Crippen LogP contribution in [0.25, 0.3) is 20.2 Å². The molecule has 53 heavy (non-hydrogen) atoms. The van der Waals surface area contributed by atoms with Gasteiger partial charge in [0.05, 0.1) is 42.9 Å². The van der Waals surface area contributed by atoms with E-state index in [0.717, 1.165) is 22.5 Å². The molecule has 11 heteroatoms. The maximum Gasteiger partial charge on any atom is 0.338 e. The summed E-state index contributed by atoms with van der Waals surface area (Å²) in [4.78, 5) is 56.3. The van der Waals surface area contributed by atoms with E-state index in [0.29, 0.717) is 80.1 Å². The average molecular weight is 739 g/mol. The molecule has 0 unspecified atom stereocenters. The van der Waals surface area contributed by atoms with Crippen LogP contribution in [0.15, 0.2) is 102 Å². The van der Waals surface area contributed by atoms with Crippen LogP contribution in [0.1, 0.15) is 50.5 Å². The SMILES string of the molecule is CCN(CCOCCOCCN(CC)CCOC(=O)c1cccc2sc3ccccc3c(=O)c12)CCOC(=O)c1ccccc1C(=O)c1ccccc1. The maximum atomic E-state index is 13.2. The molecule has 5 aromatic rings. The molecule has 4 aromatic carbocycles. The van der Waals surface area contributed by atoms with Gasteiger partial charge in [0.25, 0.3) is 0 Å². The molecule has 0 aliphatic carbocycles. The van der Waals surface area contributed by atoms with Crippen LogP contribution in [-0.4, -0.2) is 106 Å². The van der Waals surface area contributed by atoms with Gasteiger partial charge in [-0.05, 0) is 43.4 Å². The molecule has 0 N–H and O–H groups in total. The van der Waals surface area contributed by atoms with E-state index in [1.807, 2.05) is 44.2 Å². The van der Waals surface area contributed by atoms with Crippen LogP contribution in [0.2, 0.25) is 0 Å². The Morgan fingerprint density at radius 3 is 1.70 bits per heavy atom. The smallest absolute Gasteiger partial charge is 0.338 e. The van der Waals surface area contributed by atoms with Gasteiger partial charge in [0, 0.05) is 52.1 Å². The summed E-state index contributed by atoms with van der Waals surface area (Å²) in [6, 6.07) is 28.3. The fraction of sp³-hybridized carbons (Fsp3) is 0.333. The van der Waals surface area contributed by atoms with Crippen molar-refractivity contribution in [3.05, 3.63) is 130 Å². The number of hydrogen-bond acceptors (Lipinski definition) is 11. The molecular formula is C42H46N2O8S. The summed E-state index contributed by atoms with van der Waals surface area (Å²) < 4.78 is 24.3. The first-order valence-corrected chi connectivity index (χ1v) is 18.8.